The van der Waals surface area contributed by atoms with Gasteiger partial charge in [-0.05, 0) is 24.5 Å². The number of carboxylic acids is 1. The Balaban J connectivity index is 1.77. The van der Waals surface area contributed by atoms with Crippen LogP contribution in [-0.4, -0.2) is 33.3 Å². The van der Waals surface area contributed by atoms with Crippen LogP contribution in [0.1, 0.15) is 41.0 Å². The van der Waals surface area contributed by atoms with Gasteiger partial charge in [-0.25, -0.2) is 0 Å². The van der Waals surface area contributed by atoms with Gasteiger partial charge in [0.1, 0.15) is 5.41 Å². The lowest BCUT2D eigenvalue weighted by Crippen LogP contribution is -2.44. The quantitative estimate of drug-likeness (QED) is 0.617. The number of benzene rings is 2. The Bertz CT molecular complexity index is 983. The molecule has 3 rings (SSSR count). The second-order valence-electron chi connectivity index (χ2n) is 7.19. The summed E-state index contributed by atoms with van der Waals surface area (Å²) in [4.78, 5) is 24.8. The molecule has 29 heavy (non-hydrogen) atoms. The maximum absolute atomic E-state index is 12.8. The van der Waals surface area contributed by atoms with Gasteiger partial charge in [-0.1, -0.05) is 67.6 Å². The van der Waals surface area contributed by atoms with E-state index in [1.165, 1.54) is 0 Å². The van der Waals surface area contributed by atoms with Gasteiger partial charge < -0.3 is 10.4 Å². The van der Waals surface area contributed by atoms with Crippen LogP contribution in [0.5, 0.6) is 0 Å². The highest BCUT2D eigenvalue weighted by atomic mass is 16.4. The first-order valence-electron chi connectivity index (χ1n) is 9.61. The van der Waals surface area contributed by atoms with E-state index >= 15 is 0 Å². The Morgan fingerprint density at radius 3 is 2.28 bits per heavy atom. The Morgan fingerprint density at radius 2 is 1.69 bits per heavy atom. The molecule has 0 bridgehead atoms. The molecule has 6 heteroatoms. The fourth-order valence-electron chi connectivity index (χ4n) is 3.33. The molecule has 1 amide bonds. The number of aliphatic carboxylic acids is 1. The summed E-state index contributed by atoms with van der Waals surface area (Å²) in [5.74, 6) is -1.30. The van der Waals surface area contributed by atoms with Crippen molar-refractivity contribution in [1.82, 2.24) is 15.1 Å². The topological polar surface area (TPSA) is 84.2 Å². The van der Waals surface area contributed by atoms with Gasteiger partial charge in [0.2, 0.25) is 0 Å². The van der Waals surface area contributed by atoms with Crippen LogP contribution in [0.25, 0.3) is 0 Å². The number of rotatable bonds is 8. The van der Waals surface area contributed by atoms with Gasteiger partial charge >= 0.3 is 5.97 Å². The van der Waals surface area contributed by atoms with Gasteiger partial charge in [0.25, 0.3) is 5.91 Å². The maximum atomic E-state index is 12.8. The largest absolute Gasteiger partial charge is 0.481 e. The lowest BCUT2D eigenvalue weighted by molar-refractivity contribution is -0.142. The number of aromatic nitrogens is 2. The average Bonchev–Trinajstić information content (AvgIpc) is 3.15. The predicted octanol–water partition coefficient (Wildman–Crippen LogP) is 3.27. The van der Waals surface area contributed by atoms with Crippen molar-refractivity contribution < 1.29 is 14.7 Å². The minimum absolute atomic E-state index is 0.0157. The third-order valence-electron chi connectivity index (χ3n) is 5.19. The maximum Gasteiger partial charge on any atom is 0.315 e. The van der Waals surface area contributed by atoms with E-state index < -0.39 is 11.4 Å². The first-order chi connectivity index (χ1) is 14.0. The summed E-state index contributed by atoms with van der Waals surface area (Å²) in [5.41, 5.74) is 1.82. The monoisotopic (exact) mass is 391 g/mol. The van der Waals surface area contributed by atoms with Crippen LogP contribution >= 0.6 is 0 Å². The average molecular weight is 391 g/mol. The Hall–Kier alpha value is -3.41. The predicted molar refractivity (Wildman–Crippen MR) is 111 cm³/mol. The summed E-state index contributed by atoms with van der Waals surface area (Å²) in [7, 11) is 0. The van der Waals surface area contributed by atoms with Crippen molar-refractivity contribution in [3.05, 3.63) is 89.2 Å². The van der Waals surface area contributed by atoms with Crippen LogP contribution < -0.4 is 5.32 Å². The van der Waals surface area contributed by atoms with Crippen LogP contribution in [0.3, 0.4) is 0 Å². The zero-order valence-corrected chi connectivity index (χ0v) is 16.6. The van der Waals surface area contributed by atoms with Crippen molar-refractivity contribution in [1.29, 1.82) is 0 Å². The van der Waals surface area contributed by atoms with Gasteiger partial charge in [-0.2, -0.15) is 5.10 Å². The molecular formula is C23H25N3O3. The normalized spacial score (nSPS) is 12.9. The van der Waals surface area contributed by atoms with Crippen LogP contribution in [0, 0.1) is 0 Å². The number of hydrogen-bond acceptors (Lipinski definition) is 3. The number of hydrogen-bond donors (Lipinski definition) is 2. The fraction of sp³-hybridized carbons (Fsp3) is 0.261. The second-order valence-corrected chi connectivity index (χ2v) is 7.19. The van der Waals surface area contributed by atoms with Crippen LogP contribution in [0.15, 0.2) is 66.9 Å². The van der Waals surface area contributed by atoms with Crippen LogP contribution in [-0.2, 0) is 23.2 Å². The molecule has 1 atom stereocenters. The van der Waals surface area contributed by atoms with Crippen molar-refractivity contribution in [3.63, 3.8) is 0 Å². The molecule has 0 aliphatic carbocycles. The number of carbonyl (C=O) groups excluding carboxylic acids is 1. The third kappa shape index (κ3) is 4.37. The Labute approximate surface area is 170 Å². The third-order valence-corrected chi connectivity index (χ3v) is 5.19. The molecule has 0 saturated heterocycles. The molecule has 2 N–H and O–H groups in total. The summed E-state index contributed by atoms with van der Waals surface area (Å²) in [6, 6.07) is 18.9. The Kier molecular flexibility index (Phi) is 6.12. The van der Waals surface area contributed by atoms with E-state index in [9.17, 15) is 14.7 Å². The van der Waals surface area contributed by atoms with E-state index in [1.54, 1.807) is 37.4 Å². The molecular weight excluding hydrogens is 366 g/mol. The summed E-state index contributed by atoms with van der Waals surface area (Å²) in [6.45, 7) is 4.15. The zero-order chi connectivity index (χ0) is 20.9. The number of amides is 1. The number of carbonyl (C=O) groups is 2. The van der Waals surface area contributed by atoms with Crippen molar-refractivity contribution in [2.75, 3.05) is 6.54 Å². The molecule has 2 aromatic carbocycles. The molecule has 0 aliphatic heterocycles. The number of nitrogens with one attached hydrogen (secondary N) is 1. The van der Waals surface area contributed by atoms with Crippen molar-refractivity contribution in [2.24, 2.45) is 0 Å². The molecule has 0 aliphatic rings. The summed E-state index contributed by atoms with van der Waals surface area (Å²) < 4.78 is 1.82. The van der Waals surface area contributed by atoms with Crippen molar-refractivity contribution >= 4 is 11.9 Å². The van der Waals surface area contributed by atoms with Gasteiger partial charge in [0.15, 0.2) is 0 Å². The van der Waals surface area contributed by atoms with Gasteiger partial charge in [0, 0.05) is 6.54 Å². The number of carboxylic acid groups (broad SMARTS) is 1. The fourth-order valence-corrected chi connectivity index (χ4v) is 3.33. The molecule has 1 aromatic heterocycles. The molecule has 1 heterocycles. The molecule has 0 fully saturated rings. The molecule has 150 valence electrons. The van der Waals surface area contributed by atoms with E-state index in [0.29, 0.717) is 24.1 Å². The summed E-state index contributed by atoms with van der Waals surface area (Å²) in [6.07, 6.45) is 2.20. The summed E-state index contributed by atoms with van der Waals surface area (Å²) in [5, 5.41) is 16.9. The van der Waals surface area contributed by atoms with E-state index in [2.05, 4.69) is 10.4 Å². The standard InChI is InChI=1S/C23H25N3O3/c1-3-20-19(14-25-26(20)15-17-10-6-4-7-11-17)21(27)24-16-23(2,22(28)29)18-12-8-5-9-13-18/h4-14H,3,15-16H2,1-2H3,(H,24,27)(H,28,29). The van der Waals surface area contributed by atoms with Gasteiger partial charge in [-0.15, -0.1) is 0 Å². The van der Waals surface area contributed by atoms with Crippen molar-refractivity contribution in [3.8, 4) is 0 Å². The molecule has 3 aromatic rings. The van der Waals surface area contributed by atoms with Crippen molar-refractivity contribution in [2.45, 2.75) is 32.2 Å². The molecule has 6 nitrogen and oxygen atoms in total. The minimum Gasteiger partial charge on any atom is -0.481 e. The smallest absolute Gasteiger partial charge is 0.315 e. The lowest BCUT2D eigenvalue weighted by Gasteiger charge is -2.25. The number of nitrogens with zero attached hydrogens (tertiary/aromatic N) is 2. The second kappa shape index (κ2) is 8.73. The van der Waals surface area contributed by atoms with E-state index in [1.807, 2.05) is 48.0 Å². The van der Waals surface area contributed by atoms with E-state index in [-0.39, 0.29) is 12.5 Å². The minimum atomic E-state index is -1.22. The van der Waals surface area contributed by atoms with Crippen LogP contribution in [0.4, 0.5) is 0 Å². The zero-order valence-electron chi connectivity index (χ0n) is 16.6. The molecule has 0 spiro atoms. The van der Waals surface area contributed by atoms with Crippen LogP contribution in [0.2, 0.25) is 0 Å². The first kappa shape index (κ1) is 20.3. The lowest BCUT2D eigenvalue weighted by atomic mass is 9.82. The van der Waals surface area contributed by atoms with Gasteiger partial charge in [0.05, 0.1) is 24.0 Å². The molecule has 0 radical (unpaired) electrons. The molecule has 0 saturated carbocycles. The highest BCUT2D eigenvalue weighted by Gasteiger charge is 2.35. The highest BCUT2D eigenvalue weighted by Crippen LogP contribution is 2.23. The summed E-state index contributed by atoms with van der Waals surface area (Å²) >= 11 is 0. The molecule has 1 unspecified atom stereocenters. The van der Waals surface area contributed by atoms with E-state index in [0.717, 1.165) is 11.3 Å². The Morgan fingerprint density at radius 1 is 1.07 bits per heavy atom. The van der Waals surface area contributed by atoms with Gasteiger partial charge in [-0.3, -0.25) is 14.3 Å². The van der Waals surface area contributed by atoms with E-state index in [4.69, 9.17) is 0 Å². The SMILES string of the molecule is CCc1c(C(=O)NCC(C)(C(=O)O)c2ccccc2)cnn1Cc1ccccc1. The highest BCUT2D eigenvalue weighted by molar-refractivity contribution is 5.95. The first-order valence-corrected chi connectivity index (χ1v) is 9.61.